The molecular formula is C17H13FN2O2S. The molecule has 1 aliphatic heterocycles. The number of benzene rings is 2. The molecule has 2 aromatic carbocycles. The second-order valence-electron chi connectivity index (χ2n) is 5.06. The van der Waals surface area contributed by atoms with Crippen molar-refractivity contribution in [3.8, 4) is 0 Å². The monoisotopic (exact) mass is 328 g/mol. The molecule has 0 radical (unpaired) electrons. The number of nitrogen functional groups attached to an aromatic ring is 1. The van der Waals surface area contributed by atoms with Crippen LogP contribution >= 0.6 is 11.8 Å². The largest absolute Gasteiger partial charge is 0.399 e. The Labute approximate surface area is 136 Å². The number of hydrogen-bond acceptors (Lipinski definition) is 4. The van der Waals surface area contributed by atoms with Crippen LogP contribution in [-0.2, 0) is 4.79 Å². The summed E-state index contributed by atoms with van der Waals surface area (Å²) in [4.78, 5) is 26.2. The van der Waals surface area contributed by atoms with Crippen LogP contribution in [0.1, 0.15) is 12.5 Å². The molecule has 2 N–H and O–H groups in total. The zero-order valence-corrected chi connectivity index (χ0v) is 13.1. The highest BCUT2D eigenvalue weighted by atomic mass is 32.2. The van der Waals surface area contributed by atoms with Gasteiger partial charge in [0.05, 0.1) is 10.6 Å². The SMILES string of the molecule is C/C(=C1/SC(=O)N(c2ccc(F)cc2)C1=O)c1cccc(N)c1. The van der Waals surface area contributed by atoms with Gasteiger partial charge in [-0.3, -0.25) is 9.59 Å². The van der Waals surface area contributed by atoms with Crippen molar-refractivity contribution in [1.29, 1.82) is 0 Å². The molecular weight excluding hydrogens is 315 g/mol. The lowest BCUT2D eigenvalue weighted by atomic mass is 10.1. The number of nitrogens with zero attached hydrogens (tertiary/aromatic N) is 1. The first-order valence-electron chi connectivity index (χ1n) is 6.86. The average Bonchev–Trinajstić information content (AvgIpc) is 2.82. The third-order valence-electron chi connectivity index (χ3n) is 3.51. The lowest BCUT2D eigenvalue weighted by Gasteiger charge is -2.12. The van der Waals surface area contributed by atoms with Gasteiger partial charge in [0.2, 0.25) is 0 Å². The Morgan fingerprint density at radius 3 is 2.48 bits per heavy atom. The quantitative estimate of drug-likeness (QED) is 0.667. The minimum absolute atomic E-state index is 0.351. The summed E-state index contributed by atoms with van der Waals surface area (Å²) >= 11 is 0.872. The lowest BCUT2D eigenvalue weighted by molar-refractivity contribution is -0.113. The Kier molecular flexibility index (Phi) is 3.92. The topological polar surface area (TPSA) is 63.4 Å². The highest BCUT2D eigenvalue weighted by Crippen LogP contribution is 2.39. The summed E-state index contributed by atoms with van der Waals surface area (Å²) in [5.74, 6) is -0.835. The molecule has 23 heavy (non-hydrogen) atoms. The van der Waals surface area contributed by atoms with E-state index in [-0.39, 0.29) is 0 Å². The minimum Gasteiger partial charge on any atom is -0.399 e. The van der Waals surface area contributed by atoms with E-state index in [9.17, 15) is 14.0 Å². The number of nitrogens with two attached hydrogens (primary N) is 1. The van der Waals surface area contributed by atoms with E-state index in [2.05, 4.69) is 0 Å². The molecule has 4 nitrogen and oxygen atoms in total. The number of allylic oxidation sites excluding steroid dienone is 1. The summed E-state index contributed by atoms with van der Waals surface area (Å²) in [5, 5.41) is -0.403. The average molecular weight is 328 g/mol. The van der Waals surface area contributed by atoms with Gasteiger partial charge in [-0.05, 0) is 66.2 Å². The van der Waals surface area contributed by atoms with Crippen molar-refractivity contribution < 1.29 is 14.0 Å². The van der Waals surface area contributed by atoms with E-state index in [1.54, 1.807) is 25.1 Å². The number of amides is 2. The maximum Gasteiger partial charge on any atom is 0.298 e. The van der Waals surface area contributed by atoms with Crippen molar-refractivity contribution in [2.75, 3.05) is 10.6 Å². The third-order valence-corrected chi connectivity index (χ3v) is 4.56. The summed E-state index contributed by atoms with van der Waals surface area (Å²) < 4.78 is 13.0. The van der Waals surface area contributed by atoms with Crippen LogP contribution in [0.3, 0.4) is 0 Å². The normalized spacial score (nSPS) is 16.9. The molecule has 1 saturated heterocycles. The van der Waals surface area contributed by atoms with E-state index in [1.807, 2.05) is 6.07 Å². The fourth-order valence-electron chi connectivity index (χ4n) is 2.31. The number of halogens is 1. The van der Waals surface area contributed by atoms with Gasteiger partial charge in [0, 0.05) is 5.69 Å². The van der Waals surface area contributed by atoms with E-state index in [0.29, 0.717) is 21.9 Å². The van der Waals surface area contributed by atoms with E-state index in [1.165, 1.54) is 24.3 Å². The zero-order valence-electron chi connectivity index (χ0n) is 12.2. The Hall–Kier alpha value is -2.60. The van der Waals surface area contributed by atoms with Crippen molar-refractivity contribution >= 4 is 39.9 Å². The van der Waals surface area contributed by atoms with E-state index in [0.717, 1.165) is 22.2 Å². The lowest BCUT2D eigenvalue weighted by Crippen LogP contribution is -2.27. The van der Waals surface area contributed by atoms with Crippen LogP contribution in [0.5, 0.6) is 0 Å². The summed E-state index contributed by atoms with van der Waals surface area (Å²) in [6, 6.07) is 12.4. The number of carbonyl (C=O) groups excluding carboxylic acids is 2. The van der Waals surface area contributed by atoms with Crippen molar-refractivity contribution in [2.24, 2.45) is 0 Å². The van der Waals surface area contributed by atoms with Gasteiger partial charge in [-0.25, -0.2) is 9.29 Å². The maximum absolute atomic E-state index is 13.0. The number of anilines is 2. The van der Waals surface area contributed by atoms with Gasteiger partial charge in [0.25, 0.3) is 11.1 Å². The van der Waals surface area contributed by atoms with Gasteiger partial charge in [-0.15, -0.1) is 0 Å². The molecule has 0 bridgehead atoms. The van der Waals surface area contributed by atoms with E-state index < -0.39 is 17.0 Å². The zero-order chi connectivity index (χ0) is 16.6. The van der Waals surface area contributed by atoms with Crippen molar-refractivity contribution in [1.82, 2.24) is 0 Å². The van der Waals surface area contributed by atoms with Crippen LogP contribution in [0.15, 0.2) is 53.4 Å². The van der Waals surface area contributed by atoms with Crippen LogP contribution in [0.25, 0.3) is 5.57 Å². The first-order valence-corrected chi connectivity index (χ1v) is 7.67. The van der Waals surface area contributed by atoms with E-state index in [4.69, 9.17) is 5.73 Å². The molecule has 116 valence electrons. The molecule has 2 aromatic rings. The Morgan fingerprint density at radius 1 is 1.13 bits per heavy atom. The van der Waals surface area contributed by atoms with Crippen LogP contribution in [-0.4, -0.2) is 11.1 Å². The molecule has 1 fully saturated rings. The van der Waals surface area contributed by atoms with Gasteiger partial charge < -0.3 is 5.73 Å². The number of thioether (sulfide) groups is 1. The maximum atomic E-state index is 13.0. The second kappa shape index (κ2) is 5.89. The predicted octanol–water partition coefficient (Wildman–Crippen LogP) is 4.04. The summed E-state index contributed by atoms with van der Waals surface area (Å²) in [6.45, 7) is 1.77. The van der Waals surface area contributed by atoms with Crippen LogP contribution in [0, 0.1) is 5.82 Å². The first-order chi connectivity index (χ1) is 11.0. The Bertz CT molecular complexity index is 831. The van der Waals surface area contributed by atoms with Crippen molar-refractivity contribution in [3.63, 3.8) is 0 Å². The van der Waals surface area contributed by atoms with Gasteiger partial charge in [0.1, 0.15) is 5.82 Å². The second-order valence-corrected chi connectivity index (χ2v) is 6.03. The third kappa shape index (κ3) is 2.85. The molecule has 0 saturated carbocycles. The Balaban J connectivity index is 2.00. The minimum atomic E-state index is -0.424. The van der Waals surface area contributed by atoms with Crippen LogP contribution in [0.2, 0.25) is 0 Å². The van der Waals surface area contributed by atoms with Gasteiger partial charge in [-0.2, -0.15) is 0 Å². The molecule has 0 unspecified atom stereocenters. The number of hydrogen-bond donors (Lipinski definition) is 1. The standard InChI is InChI=1S/C17H13FN2O2S/c1-10(11-3-2-4-13(19)9-11)15-16(21)20(17(22)23-15)14-7-5-12(18)6-8-14/h2-9H,19H2,1H3/b15-10-. The molecule has 3 rings (SSSR count). The fourth-order valence-corrected chi connectivity index (χ4v) is 3.22. The summed E-state index contributed by atoms with van der Waals surface area (Å²) in [6.07, 6.45) is 0. The molecule has 0 aliphatic carbocycles. The molecule has 0 aromatic heterocycles. The van der Waals surface area contributed by atoms with E-state index >= 15 is 0 Å². The van der Waals surface area contributed by atoms with Crippen LogP contribution in [0.4, 0.5) is 20.6 Å². The first kappa shape index (κ1) is 15.3. The van der Waals surface area contributed by atoms with Gasteiger partial charge in [-0.1, -0.05) is 12.1 Å². The number of imide groups is 1. The molecule has 1 heterocycles. The molecule has 6 heteroatoms. The summed E-state index contributed by atoms with van der Waals surface area (Å²) in [5.41, 5.74) is 8.17. The molecule has 0 atom stereocenters. The molecule has 2 amide bonds. The molecule has 0 spiro atoms. The number of rotatable bonds is 2. The predicted molar refractivity (Wildman–Crippen MR) is 90.3 cm³/mol. The summed E-state index contributed by atoms with van der Waals surface area (Å²) in [7, 11) is 0. The van der Waals surface area contributed by atoms with Gasteiger partial charge >= 0.3 is 0 Å². The number of carbonyl (C=O) groups is 2. The fraction of sp³-hybridized carbons (Fsp3) is 0.0588. The van der Waals surface area contributed by atoms with Crippen LogP contribution < -0.4 is 10.6 Å². The van der Waals surface area contributed by atoms with Crippen molar-refractivity contribution in [2.45, 2.75) is 6.92 Å². The Morgan fingerprint density at radius 2 is 1.83 bits per heavy atom. The van der Waals surface area contributed by atoms with Crippen molar-refractivity contribution in [3.05, 3.63) is 64.8 Å². The molecule has 1 aliphatic rings. The highest BCUT2D eigenvalue weighted by Gasteiger charge is 2.37. The highest BCUT2D eigenvalue weighted by molar-refractivity contribution is 8.19. The van der Waals surface area contributed by atoms with Gasteiger partial charge in [0.15, 0.2) is 0 Å². The smallest absolute Gasteiger partial charge is 0.298 e.